The third kappa shape index (κ3) is 10.0. The topological polar surface area (TPSA) is 134 Å². The van der Waals surface area contributed by atoms with Crippen LogP contribution in [-0.4, -0.2) is 78.7 Å². The molecular formula is C30H47ClN4O6. The van der Waals surface area contributed by atoms with Gasteiger partial charge in [-0.25, -0.2) is 4.79 Å². The highest BCUT2D eigenvalue weighted by atomic mass is 35.5. The van der Waals surface area contributed by atoms with E-state index in [2.05, 4.69) is 27.6 Å². The molecule has 1 aliphatic carbocycles. The number of nitrogens with one attached hydrogen (secondary N) is 3. The minimum Gasteiger partial charge on any atom is -0.447 e. The summed E-state index contributed by atoms with van der Waals surface area (Å²) in [5.41, 5.74) is 2.27. The summed E-state index contributed by atoms with van der Waals surface area (Å²) in [5, 5.41) is 7.77. The van der Waals surface area contributed by atoms with Gasteiger partial charge in [0.1, 0.15) is 12.1 Å². The van der Waals surface area contributed by atoms with Gasteiger partial charge in [0.25, 0.3) is 5.91 Å². The molecule has 0 aromatic heterocycles. The average Bonchev–Trinajstić information content (AvgIpc) is 3.64. The second kappa shape index (κ2) is 18.3. The maximum absolute atomic E-state index is 13.9. The lowest BCUT2D eigenvalue weighted by Gasteiger charge is -2.32. The number of hydrogen-bond donors (Lipinski definition) is 3. The summed E-state index contributed by atoms with van der Waals surface area (Å²) in [6.45, 7) is 9.68. The first-order valence-corrected chi connectivity index (χ1v) is 15.2. The highest BCUT2D eigenvalue weighted by Gasteiger charge is 2.43. The van der Waals surface area contributed by atoms with Crippen molar-refractivity contribution in [3.8, 4) is 0 Å². The van der Waals surface area contributed by atoms with E-state index in [-0.39, 0.29) is 17.9 Å². The summed E-state index contributed by atoms with van der Waals surface area (Å²) in [7, 11) is 1.36. The molecule has 0 saturated carbocycles. The van der Waals surface area contributed by atoms with Crippen molar-refractivity contribution < 1.29 is 28.7 Å². The van der Waals surface area contributed by atoms with Gasteiger partial charge >= 0.3 is 6.09 Å². The summed E-state index contributed by atoms with van der Waals surface area (Å²) in [5.74, 6) is -2.49. The maximum atomic E-state index is 13.9. The summed E-state index contributed by atoms with van der Waals surface area (Å²) >= 11 is 4.64. The third-order valence-electron chi connectivity index (χ3n) is 6.94. The molecule has 1 fully saturated rings. The predicted molar refractivity (Wildman–Crippen MR) is 160 cm³/mol. The first-order chi connectivity index (χ1) is 19.7. The number of alkyl halides is 1. The largest absolute Gasteiger partial charge is 0.447 e. The normalized spacial score (nSPS) is 17.1. The Labute approximate surface area is 249 Å². The zero-order valence-corrected chi connectivity index (χ0v) is 26.2. The number of ether oxygens (including phenoxy) is 1. The SMILES string of the molecule is CC.CCCC(NC(=O)C1CCCN1C(=O)C(NC(=O)OC(C)C)C1Cc2ccccc2C1)C(=O)C(=O)NC.CCl. The number of hydrogen-bond acceptors (Lipinski definition) is 6. The molecule has 1 aromatic rings. The van der Waals surface area contributed by atoms with E-state index in [0.717, 1.165) is 11.1 Å². The van der Waals surface area contributed by atoms with Crippen molar-refractivity contribution in [3.63, 3.8) is 0 Å². The van der Waals surface area contributed by atoms with Crippen molar-refractivity contribution >= 4 is 41.2 Å². The first-order valence-electron chi connectivity index (χ1n) is 14.4. The van der Waals surface area contributed by atoms with Gasteiger partial charge in [0, 0.05) is 20.0 Å². The van der Waals surface area contributed by atoms with Crippen LogP contribution in [0.3, 0.4) is 0 Å². The number of carbonyl (C=O) groups is 5. The van der Waals surface area contributed by atoms with Gasteiger partial charge in [0.2, 0.25) is 17.6 Å². The molecule has 10 nitrogen and oxygen atoms in total. The molecule has 0 spiro atoms. The molecule has 2 aliphatic rings. The third-order valence-corrected chi connectivity index (χ3v) is 6.94. The number of likely N-dealkylation sites (tertiary alicyclic amines) is 1. The minimum atomic E-state index is -0.964. The monoisotopic (exact) mass is 594 g/mol. The van der Waals surface area contributed by atoms with Crippen molar-refractivity contribution in [1.29, 1.82) is 0 Å². The number of carbonyl (C=O) groups excluding carboxylic acids is 5. The number of alkyl carbamates (subject to hydrolysis) is 1. The van der Waals surface area contributed by atoms with E-state index in [0.29, 0.717) is 45.1 Å². The number of benzene rings is 1. The quantitative estimate of drug-likeness (QED) is 0.281. The zero-order valence-electron chi connectivity index (χ0n) is 25.4. The van der Waals surface area contributed by atoms with E-state index in [4.69, 9.17) is 4.74 Å². The van der Waals surface area contributed by atoms with Crippen LogP contribution in [0.5, 0.6) is 0 Å². The van der Waals surface area contributed by atoms with Gasteiger partial charge in [-0.1, -0.05) is 51.5 Å². The van der Waals surface area contributed by atoms with E-state index < -0.39 is 41.8 Å². The molecule has 1 heterocycles. The number of Topliss-reactive ketones (excluding diaryl/α,β-unsaturated/α-hetero) is 1. The van der Waals surface area contributed by atoms with Crippen LogP contribution in [0.1, 0.15) is 71.4 Å². The van der Waals surface area contributed by atoms with Crippen LogP contribution in [-0.2, 0) is 36.8 Å². The highest BCUT2D eigenvalue weighted by molar-refractivity contribution is 6.38. The minimum absolute atomic E-state index is 0.184. The Morgan fingerprint density at radius 3 is 2.12 bits per heavy atom. The van der Waals surface area contributed by atoms with Crippen LogP contribution in [0.15, 0.2) is 24.3 Å². The first kappa shape index (κ1) is 35.9. The molecule has 230 valence electrons. The summed E-state index contributed by atoms with van der Waals surface area (Å²) in [6, 6.07) is 5.32. The molecule has 1 aromatic carbocycles. The van der Waals surface area contributed by atoms with Crippen molar-refractivity contribution in [2.45, 2.75) is 97.4 Å². The maximum Gasteiger partial charge on any atom is 0.408 e. The summed E-state index contributed by atoms with van der Waals surface area (Å²) < 4.78 is 5.27. The van der Waals surface area contributed by atoms with Crippen LogP contribution in [0.4, 0.5) is 4.79 Å². The van der Waals surface area contributed by atoms with E-state index >= 15 is 0 Å². The molecule has 3 atom stereocenters. The highest BCUT2D eigenvalue weighted by Crippen LogP contribution is 2.31. The second-order valence-corrected chi connectivity index (χ2v) is 10.00. The Bertz CT molecular complexity index is 1010. The van der Waals surface area contributed by atoms with Gasteiger partial charge in [-0.05, 0) is 63.0 Å². The Kier molecular flexibility index (Phi) is 16.0. The van der Waals surface area contributed by atoms with Gasteiger partial charge in [0.05, 0.1) is 12.1 Å². The van der Waals surface area contributed by atoms with Crippen LogP contribution in [0.2, 0.25) is 0 Å². The van der Waals surface area contributed by atoms with Crippen LogP contribution in [0.25, 0.3) is 0 Å². The van der Waals surface area contributed by atoms with Crippen LogP contribution in [0, 0.1) is 5.92 Å². The molecule has 3 rings (SSSR count). The molecule has 3 unspecified atom stereocenters. The molecule has 1 aliphatic heterocycles. The number of halogens is 1. The molecule has 11 heteroatoms. The number of fused-ring (bicyclic) bond motifs is 1. The Morgan fingerprint density at radius 1 is 1.02 bits per heavy atom. The van der Waals surface area contributed by atoms with E-state index in [1.54, 1.807) is 13.8 Å². The number of likely N-dealkylation sites (N-methyl/N-ethyl adjacent to an activating group) is 1. The lowest BCUT2D eigenvalue weighted by Crippen LogP contribution is -2.58. The van der Waals surface area contributed by atoms with Crippen molar-refractivity contribution in [1.82, 2.24) is 20.9 Å². The Morgan fingerprint density at radius 2 is 1.61 bits per heavy atom. The number of rotatable bonds is 10. The van der Waals surface area contributed by atoms with Gasteiger partial charge in [0.15, 0.2) is 0 Å². The van der Waals surface area contributed by atoms with Crippen molar-refractivity contribution in [2.75, 3.05) is 20.0 Å². The summed E-state index contributed by atoms with van der Waals surface area (Å²) in [6.07, 6.45) is 3.63. The number of ketones is 1. The Balaban J connectivity index is 0.00000201. The second-order valence-electron chi connectivity index (χ2n) is 10.00. The lowest BCUT2D eigenvalue weighted by molar-refractivity contribution is -0.143. The van der Waals surface area contributed by atoms with Crippen LogP contribution >= 0.6 is 11.6 Å². The van der Waals surface area contributed by atoms with Crippen molar-refractivity contribution in [2.24, 2.45) is 5.92 Å². The van der Waals surface area contributed by atoms with Gasteiger partial charge in [-0.15, -0.1) is 11.6 Å². The van der Waals surface area contributed by atoms with Crippen LogP contribution < -0.4 is 16.0 Å². The number of nitrogens with zero attached hydrogens (tertiary/aromatic N) is 1. The molecule has 41 heavy (non-hydrogen) atoms. The summed E-state index contributed by atoms with van der Waals surface area (Å²) in [4.78, 5) is 65.5. The lowest BCUT2D eigenvalue weighted by atomic mass is 9.95. The molecule has 3 N–H and O–H groups in total. The van der Waals surface area contributed by atoms with Crippen molar-refractivity contribution in [3.05, 3.63) is 35.4 Å². The number of amides is 4. The standard InChI is InChI=1S/C27H38N4O6.C2H6.CH3Cl/c1-5-9-20(23(32)25(34)28-4)29-24(33)21-12-8-13-31(21)26(35)22(30-27(36)37-16(2)3)19-14-17-10-6-7-11-18(17)15-19;2*1-2/h6-7,10-11,16,19-22H,5,8-9,12-15H2,1-4H3,(H,28,34)(H,29,33)(H,30,36);1-2H3;1H3. The molecule has 0 radical (unpaired) electrons. The molecule has 4 amide bonds. The fourth-order valence-corrected chi connectivity index (χ4v) is 5.17. The fraction of sp³-hybridized carbons (Fsp3) is 0.633. The smallest absolute Gasteiger partial charge is 0.408 e. The molecule has 1 saturated heterocycles. The molecular weight excluding hydrogens is 548 g/mol. The van der Waals surface area contributed by atoms with Gasteiger partial charge in [-0.3, -0.25) is 19.2 Å². The zero-order chi connectivity index (χ0) is 31.1. The van der Waals surface area contributed by atoms with E-state index in [1.807, 2.05) is 45.0 Å². The Hall–Kier alpha value is -3.14. The van der Waals surface area contributed by atoms with Gasteiger partial charge in [-0.2, -0.15) is 0 Å². The fourth-order valence-electron chi connectivity index (χ4n) is 5.17. The molecule has 0 bridgehead atoms. The van der Waals surface area contributed by atoms with Gasteiger partial charge < -0.3 is 25.6 Å². The average molecular weight is 595 g/mol. The van der Waals surface area contributed by atoms with E-state index in [1.165, 1.54) is 18.3 Å². The predicted octanol–water partition coefficient (Wildman–Crippen LogP) is 3.38. The van der Waals surface area contributed by atoms with E-state index in [9.17, 15) is 24.0 Å².